The third kappa shape index (κ3) is 7.21. The Balaban J connectivity index is 1.53. The van der Waals surface area contributed by atoms with Crippen molar-refractivity contribution in [2.24, 2.45) is 22.6 Å². The number of likely N-dealkylation sites (N-methyl/N-ethyl adjacent to an activating group) is 1. The lowest BCUT2D eigenvalue weighted by Crippen LogP contribution is -2.60. The number of hydrogen-bond donors (Lipinski definition) is 2. The highest BCUT2D eigenvalue weighted by atomic mass is 32.2. The second-order valence-corrected chi connectivity index (χ2v) is 14.1. The number of hydrogen-bond acceptors (Lipinski definition) is 8. The molecule has 0 spiro atoms. The van der Waals surface area contributed by atoms with E-state index in [1.165, 1.54) is 47.0 Å². The first-order valence-corrected chi connectivity index (χ1v) is 18.1. The maximum Gasteiger partial charge on any atom is 0.416 e. The van der Waals surface area contributed by atoms with Crippen LogP contribution in [0.4, 0.5) is 17.6 Å². The predicted octanol–water partition coefficient (Wildman–Crippen LogP) is 4.83. The van der Waals surface area contributed by atoms with Crippen LogP contribution in [0.25, 0.3) is 0 Å². The van der Waals surface area contributed by atoms with Gasteiger partial charge in [0.05, 0.1) is 29.0 Å². The van der Waals surface area contributed by atoms with Crippen LogP contribution in [0, 0.1) is 29.0 Å². The molecule has 270 valence electrons. The molecule has 6 unspecified atom stereocenters. The number of alkyl halides is 3. The molecule has 4 fully saturated rings. The number of nitrogens with one attached hydrogen (secondary N) is 1. The van der Waals surface area contributed by atoms with Crippen molar-refractivity contribution in [1.82, 2.24) is 15.1 Å². The first-order valence-electron chi connectivity index (χ1n) is 16.8. The van der Waals surface area contributed by atoms with Crippen LogP contribution in [0.2, 0.25) is 0 Å². The number of amides is 3. The molecule has 1 saturated carbocycles. The van der Waals surface area contributed by atoms with Gasteiger partial charge in [-0.3, -0.25) is 24.3 Å². The fourth-order valence-corrected chi connectivity index (χ4v) is 8.37. The maximum atomic E-state index is 14.7. The van der Waals surface area contributed by atoms with Crippen LogP contribution in [0.15, 0.2) is 64.8 Å². The van der Waals surface area contributed by atoms with Gasteiger partial charge in [0.1, 0.15) is 23.4 Å². The molecule has 1 aliphatic carbocycles. The number of ether oxygens (including phenoxy) is 1. The number of halogens is 4. The molecule has 2 aromatic rings. The quantitative estimate of drug-likeness (QED) is 0.308. The number of thioether (sulfide) groups is 1. The van der Waals surface area contributed by atoms with Crippen molar-refractivity contribution in [1.29, 1.82) is 5.26 Å². The Hall–Kier alpha value is -4.42. The molecular weight excluding hydrogens is 688 g/mol. The highest BCUT2D eigenvalue weighted by Crippen LogP contribution is 2.50. The molecule has 6 rings (SSSR count). The molecule has 3 amide bonds. The second kappa shape index (κ2) is 14.7. The lowest BCUT2D eigenvalue weighted by atomic mass is 9.78. The summed E-state index contributed by atoms with van der Waals surface area (Å²) in [5, 5.41) is 12.1. The van der Waals surface area contributed by atoms with E-state index in [9.17, 15) is 37.2 Å². The maximum absolute atomic E-state index is 14.7. The average molecular weight is 727 g/mol. The lowest BCUT2D eigenvalue weighted by Gasteiger charge is -2.43. The van der Waals surface area contributed by atoms with Gasteiger partial charge in [0.15, 0.2) is 0 Å². The number of carbonyl (C=O) groups excluding carboxylic acids is 3. The smallest absolute Gasteiger partial charge is 0.394 e. The van der Waals surface area contributed by atoms with Crippen molar-refractivity contribution < 1.29 is 36.7 Å². The molecule has 15 heteroatoms. The number of nitriles is 1. The van der Waals surface area contributed by atoms with Crippen molar-refractivity contribution in [2.75, 3.05) is 26.0 Å². The molecule has 0 aromatic heterocycles. The Labute approximate surface area is 297 Å². The van der Waals surface area contributed by atoms with Crippen LogP contribution in [0.1, 0.15) is 60.0 Å². The molecule has 0 radical (unpaired) electrons. The second-order valence-electron chi connectivity index (χ2n) is 13.1. The summed E-state index contributed by atoms with van der Waals surface area (Å²) in [5.74, 6) is -4.10. The van der Waals surface area contributed by atoms with E-state index >= 15 is 0 Å². The molecule has 3 N–H and O–H groups in total. The van der Waals surface area contributed by atoms with Crippen LogP contribution < -0.4 is 11.1 Å². The topological polar surface area (TPSA) is 141 Å². The zero-order valence-electron chi connectivity index (χ0n) is 28.0. The van der Waals surface area contributed by atoms with Gasteiger partial charge in [0.2, 0.25) is 0 Å². The zero-order valence-corrected chi connectivity index (χ0v) is 28.8. The van der Waals surface area contributed by atoms with Crippen LogP contribution in [-0.2, 0) is 20.5 Å². The lowest BCUT2D eigenvalue weighted by molar-refractivity contribution is -0.137. The van der Waals surface area contributed by atoms with Crippen molar-refractivity contribution in [3.63, 3.8) is 0 Å². The Kier molecular flexibility index (Phi) is 10.5. The summed E-state index contributed by atoms with van der Waals surface area (Å²) < 4.78 is 60.6. The third-order valence-electron chi connectivity index (χ3n) is 10.0. The Morgan fingerprint density at radius 2 is 1.84 bits per heavy atom. The predicted molar refractivity (Wildman–Crippen MR) is 181 cm³/mol. The van der Waals surface area contributed by atoms with E-state index in [0.29, 0.717) is 50.5 Å². The Morgan fingerprint density at radius 1 is 1.14 bits per heavy atom. The summed E-state index contributed by atoms with van der Waals surface area (Å²) in [6.45, 7) is 2.59. The van der Waals surface area contributed by atoms with Gasteiger partial charge in [-0.05, 0) is 80.7 Å². The number of piperidine rings is 2. The number of likely N-dealkylation sites (tertiary alicyclic amines) is 2. The van der Waals surface area contributed by atoms with Crippen molar-refractivity contribution >= 4 is 35.3 Å². The minimum absolute atomic E-state index is 0.0519. The summed E-state index contributed by atoms with van der Waals surface area (Å²) in [7, 11) is 0. The molecule has 4 aliphatic rings. The normalized spacial score (nSPS) is 28.6. The summed E-state index contributed by atoms with van der Waals surface area (Å²) in [6, 6.07) is 9.40. The van der Waals surface area contributed by atoms with Crippen molar-refractivity contribution in [3.8, 4) is 6.07 Å². The van der Waals surface area contributed by atoms with E-state index in [1.807, 2.05) is 6.26 Å². The van der Waals surface area contributed by atoms with E-state index in [2.05, 4.69) is 11.4 Å². The number of rotatable bonds is 7. The van der Waals surface area contributed by atoms with Gasteiger partial charge in [0.25, 0.3) is 17.7 Å². The Morgan fingerprint density at radius 3 is 2.47 bits per heavy atom. The third-order valence-corrected chi connectivity index (χ3v) is 11.1. The fourth-order valence-electron chi connectivity index (χ4n) is 7.39. The summed E-state index contributed by atoms with van der Waals surface area (Å²) >= 11 is 1.37. The minimum atomic E-state index is -4.72. The number of nitrogens with zero attached hydrogens (tertiary/aromatic N) is 4. The van der Waals surface area contributed by atoms with Crippen LogP contribution in [0.3, 0.4) is 0 Å². The average Bonchev–Trinajstić information content (AvgIpc) is 3.91. The molecule has 3 aliphatic heterocycles. The van der Waals surface area contributed by atoms with Gasteiger partial charge in [-0.15, -0.1) is 11.8 Å². The van der Waals surface area contributed by atoms with E-state index < -0.39 is 58.5 Å². The number of fused-ring (bicyclic) bond motifs is 1. The molecule has 2 aromatic carbocycles. The van der Waals surface area contributed by atoms with Crippen molar-refractivity contribution in [3.05, 3.63) is 82.3 Å². The molecule has 10 nitrogen and oxygen atoms in total. The number of aliphatic imine (C=N–C) groups is 1. The summed E-state index contributed by atoms with van der Waals surface area (Å²) in [6.07, 6.45) is -0.477. The van der Waals surface area contributed by atoms with Gasteiger partial charge in [-0.1, -0.05) is 18.2 Å². The van der Waals surface area contributed by atoms with Gasteiger partial charge < -0.3 is 20.7 Å². The SMILES string of the molecule is CCN1C(=O)C(NC(=O)c2cccc(C(F)(F)F)c2)C(c2ccc(F)cc2)/C(=C(/N)C(=O)N2C3CC3CC(C#N)C2SC)C1=NC1CCOCC1. The summed E-state index contributed by atoms with van der Waals surface area (Å²) in [5.41, 5.74) is 5.75. The largest absolute Gasteiger partial charge is 0.416 e. The number of amidine groups is 1. The van der Waals surface area contributed by atoms with Gasteiger partial charge >= 0.3 is 6.18 Å². The molecular formula is C36H38F4N6O4S. The van der Waals surface area contributed by atoms with Crippen LogP contribution in [0.5, 0.6) is 0 Å². The highest BCUT2D eigenvalue weighted by Gasteiger charge is 2.55. The molecule has 6 atom stereocenters. The monoisotopic (exact) mass is 726 g/mol. The van der Waals surface area contributed by atoms with Gasteiger partial charge in [0, 0.05) is 42.9 Å². The van der Waals surface area contributed by atoms with Crippen LogP contribution >= 0.6 is 11.8 Å². The minimum Gasteiger partial charge on any atom is -0.394 e. The standard InChI is InChI=1S/C36H38F4N6O4S/c1-3-45-31(43-25-11-13-50-14-12-25)28(29(42)33(48)46-26-17-21(26)15-22(18-41)35(46)51-2)27(19-7-9-24(37)10-8-19)30(34(45)49)44-32(47)20-5-4-6-23(16-20)36(38,39)40/h4-10,16,21-22,25-27,30,35H,3,11-15,17,42H2,1-2H3,(H,44,47)/b29-28-,43-31?. The molecule has 3 saturated heterocycles. The van der Waals surface area contributed by atoms with E-state index in [-0.39, 0.29) is 47.2 Å². The summed E-state index contributed by atoms with van der Waals surface area (Å²) in [4.78, 5) is 50.8. The number of benzene rings is 2. The van der Waals surface area contributed by atoms with E-state index in [0.717, 1.165) is 12.1 Å². The molecule has 0 bridgehead atoms. The molecule has 51 heavy (non-hydrogen) atoms. The van der Waals surface area contributed by atoms with Gasteiger partial charge in [-0.25, -0.2) is 4.39 Å². The van der Waals surface area contributed by atoms with Crippen molar-refractivity contribution in [2.45, 2.75) is 68.2 Å². The first kappa shape index (κ1) is 36.4. The van der Waals surface area contributed by atoms with Crippen LogP contribution in [-0.4, -0.2) is 82.9 Å². The number of carbonyl (C=O) groups is 3. The highest BCUT2D eigenvalue weighted by molar-refractivity contribution is 7.99. The zero-order chi connectivity index (χ0) is 36.6. The number of nitrogens with two attached hydrogens (primary N) is 1. The van der Waals surface area contributed by atoms with E-state index in [4.69, 9.17) is 15.5 Å². The van der Waals surface area contributed by atoms with E-state index in [1.54, 1.807) is 11.8 Å². The first-order chi connectivity index (χ1) is 24.4. The fraction of sp³-hybridized carbons (Fsp3) is 0.472. The Bertz CT molecular complexity index is 1790. The molecule has 3 heterocycles. The van der Waals surface area contributed by atoms with Gasteiger partial charge in [-0.2, -0.15) is 18.4 Å².